The highest BCUT2D eigenvalue weighted by molar-refractivity contribution is 7.13. The van der Waals surface area contributed by atoms with E-state index in [9.17, 15) is 0 Å². The Bertz CT molecular complexity index is 419. The highest BCUT2D eigenvalue weighted by Crippen LogP contribution is 2.22. The molecule has 1 N–H and O–H groups in total. The van der Waals surface area contributed by atoms with Crippen molar-refractivity contribution in [1.29, 1.82) is 0 Å². The fourth-order valence-electron chi connectivity index (χ4n) is 1.44. The van der Waals surface area contributed by atoms with Gasteiger partial charge in [-0.05, 0) is 18.5 Å². The van der Waals surface area contributed by atoms with Crippen LogP contribution in [0.25, 0.3) is 10.7 Å². The molecule has 2 heterocycles. The third-order valence-corrected chi connectivity index (χ3v) is 3.17. The molecular formula is C10H14N4S. The van der Waals surface area contributed by atoms with E-state index < -0.39 is 0 Å². The van der Waals surface area contributed by atoms with Crippen molar-refractivity contribution in [2.75, 3.05) is 13.6 Å². The van der Waals surface area contributed by atoms with E-state index in [1.54, 1.807) is 11.3 Å². The lowest BCUT2D eigenvalue weighted by Gasteiger charge is -2.01. The molecule has 0 aliphatic heterocycles. The highest BCUT2D eigenvalue weighted by Gasteiger charge is 2.10. The van der Waals surface area contributed by atoms with Gasteiger partial charge in [0.1, 0.15) is 5.82 Å². The first-order chi connectivity index (χ1) is 7.33. The van der Waals surface area contributed by atoms with Crippen LogP contribution in [0.1, 0.15) is 5.82 Å². The SMILES string of the molecule is CNCCc1nnc(-c2cccs2)n1C. The summed E-state index contributed by atoms with van der Waals surface area (Å²) in [5.41, 5.74) is 0. The van der Waals surface area contributed by atoms with E-state index in [4.69, 9.17) is 0 Å². The number of nitrogens with one attached hydrogen (secondary N) is 1. The van der Waals surface area contributed by atoms with Gasteiger partial charge in [-0.1, -0.05) is 6.07 Å². The Kier molecular flexibility index (Phi) is 3.13. The van der Waals surface area contributed by atoms with Crippen molar-refractivity contribution in [2.24, 2.45) is 7.05 Å². The van der Waals surface area contributed by atoms with Crippen LogP contribution in [0.5, 0.6) is 0 Å². The number of aromatic nitrogens is 3. The molecule has 0 aromatic carbocycles. The lowest BCUT2D eigenvalue weighted by atomic mass is 10.4. The van der Waals surface area contributed by atoms with Gasteiger partial charge in [0.2, 0.25) is 0 Å². The van der Waals surface area contributed by atoms with Crippen molar-refractivity contribution in [1.82, 2.24) is 20.1 Å². The topological polar surface area (TPSA) is 42.7 Å². The van der Waals surface area contributed by atoms with Gasteiger partial charge in [-0.2, -0.15) is 0 Å². The molecule has 2 aromatic rings. The molecule has 2 aromatic heterocycles. The molecule has 80 valence electrons. The molecule has 0 radical (unpaired) electrons. The Morgan fingerprint density at radius 2 is 2.33 bits per heavy atom. The summed E-state index contributed by atoms with van der Waals surface area (Å²) in [6.07, 6.45) is 0.908. The van der Waals surface area contributed by atoms with Crippen molar-refractivity contribution in [3.05, 3.63) is 23.3 Å². The second-order valence-electron chi connectivity index (χ2n) is 3.33. The Morgan fingerprint density at radius 1 is 1.47 bits per heavy atom. The Hall–Kier alpha value is -1.20. The second kappa shape index (κ2) is 4.55. The highest BCUT2D eigenvalue weighted by atomic mass is 32.1. The number of hydrogen-bond donors (Lipinski definition) is 1. The van der Waals surface area contributed by atoms with Crippen molar-refractivity contribution < 1.29 is 0 Å². The lowest BCUT2D eigenvalue weighted by Crippen LogP contribution is -2.13. The standard InChI is InChI=1S/C10H14N4S/c1-11-6-5-9-12-13-10(14(9)2)8-4-3-7-15-8/h3-4,7,11H,5-6H2,1-2H3. The fourth-order valence-corrected chi connectivity index (χ4v) is 2.18. The summed E-state index contributed by atoms with van der Waals surface area (Å²) in [4.78, 5) is 1.17. The third-order valence-electron chi connectivity index (χ3n) is 2.31. The summed E-state index contributed by atoms with van der Waals surface area (Å²) in [5.74, 6) is 1.98. The van der Waals surface area contributed by atoms with Crippen LogP contribution >= 0.6 is 11.3 Å². The Labute approximate surface area is 93.0 Å². The smallest absolute Gasteiger partial charge is 0.173 e. The normalized spacial score (nSPS) is 10.8. The maximum absolute atomic E-state index is 4.21. The van der Waals surface area contributed by atoms with E-state index in [0.717, 1.165) is 24.6 Å². The van der Waals surface area contributed by atoms with E-state index in [2.05, 4.69) is 31.5 Å². The minimum absolute atomic E-state index is 0.908. The minimum Gasteiger partial charge on any atom is -0.319 e. The molecule has 15 heavy (non-hydrogen) atoms. The average molecular weight is 222 g/mol. The van der Waals surface area contributed by atoms with E-state index in [1.807, 2.05) is 20.2 Å². The van der Waals surface area contributed by atoms with Crippen molar-refractivity contribution in [3.8, 4) is 10.7 Å². The predicted octanol–water partition coefficient (Wildman–Crippen LogP) is 1.31. The van der Waals surface area contributed by atoms with Gasteiger partial charge in [0.15, 0.2) is 5.82 Å². The summed E-state index contributed by atoms with van der Waals surface area (Å²) in [6, 6.07) is 4.10. The zero-order valence-corrected chi connectivity index (χ0v) is 9.71. The molecule has 4 nitrogen and oxygen atoms in total. The molecule has 0 fully saturated rings. The average Bonchev–Trinajstić information content (AvgIpc) is 2.84. The van der Waals surface area contributed by atoms with Crippen LogP contribution in [0.3, 0.4) is 0 Å². The first-order valence-electron chi connectivity index (χ1n) is 4.89. The number of nitrogens with zero attached hydrogens (tertiary/aromatic N) is 3. The number of rotatable bonds is 4. The lowest BCUT2D eigenvalue weighted by molar-refractivity contribution is 0.718. The van der Waals surface area contributed by atoms with Crippen LogP contribution in [-0.4, -0.2) is 28.4 Å². The van der Waals surface area contributed by atoms with Gasteiger partial charge in [-0.15, -0.1) is 21.5 Å². The number of thiophene rings is 1. The molecule has 0 saturated carbocycles. The molecule has 2 rings (SSSR count). The quantitative estimate of drug-likeness (QED) is 0.848. The first kappa shape index (κ1) is 10.3. The van der Waals surface area contributed by atoms with Gasteiger partial charge < -0.3 is 9.88 Å². The van der Waals surface area contributed by atoms with E-state index in [0.29, 0.717) is 0 Å². The summed E-state index contributed by atoms with van der Waals surface area (Å²) in [5, 5.41) is 13.6. The summed E-state index contributed by atoms with van der Waals surface area (Å²) >= 11 is 1.69. The molecule has 0 saturated heterocycles. The Balaban J connectivity index is 2.24. The van der Waals surface area contributed by atoms with Gasteiger partial charge in [0.25, 0.3) is 0 Å². The first-order valence-corrected chi connectivity index (χ1v) is 5.77. The monoisotopic (exact) mass is 222 g/mol. The molecular weight excluding hydrogens is 208 g/mol. The third kappa shape index (κ3) is 2.08. The Morgan fingerprint density at radius 3 is 3.00 bits per heavy atom. The largest absolute Gasteiger partial charge is 0.319 e. The fraction of sp³-hybridized carbons (Fsp3) is 0.400. The number of hydrogen-bond acceptors (Lipinski definition) is 4. The maximum atomic E-state index is 4.21. The predicted molar refractivity (Wildman–Crippen MR) is 61.9 cm³/mol. The molecule has 0 bridgehead atoms. The molecule has 0 unspecified atom stereocenters. The van der Waals surface area contributed by atoms with Crippen LogP contribution in [0.15, 0.2) is 17.5 Å². The molecule has 0 amide bonds. The van der Waals surface area contributed by atoms with Crippen molar-refractivity contribution in [2.45, 2.75) is 6.42 Å². The summed E-state index contributed by atoms with van der Waals surface area (Å²) < 4.78 is 2.06. The van der Waals surface area contributed by atoms with Gasteiger partial charge in [-0.3, -0.25) is 0 Å². The van der Waals surface area contributed by atoms with Gasteiger partial charge in [0, 0.05) is 20.0 Å². The van der Waals surface area contributed by atoms with Crippen LogP contribution in [0.4, 0.5) is 0 Å². The van der Waals surface area contributed by atoms with Crippen LogP contribution in [0, 0.1) is 0 Å². The summed E-state index contributed by atoms with van der Waals surface area (Å²) in [7, 11) is 3.95. The minimum atomic E-state index is 0.908. The van der Waals surface area contributed by atoms with E-state index in [1.165, 1.54) is 4.88 Å². The summed E-state index contributed by atoms with van der Waals surface area (Å²) in [6.45, 7) is 0.927. The molecule has 0 aliphatic carbocycles. The van der Waals surface area contributed by atoms with Crippen LogP contribution < -0.4 is 5.32 Å². The van der Waals surface area contributed by atoms with Crippen LogP contribution in [0.2, 0.25) is 0 Å². The van der Waals surface area contributed by atoms with Gasteiger partial charge in [-0.25, -0.2) is 0 Å². The van der Waals surface area contributed by atoms with Crippen molar-refractivity contribution in [3.63, 3.8) is 0 Å². The van der Waals surface area contributed by atoms with Gasteiger partial charge in [0.05, 0.1) is 4.88 Å². The zero-order chi connectivity index (χ0) is 10.7. The maximum Gasteiger partial charge on any atom is 0.173 e. The molecule has 5 heteroatoms. The second-order valence-corrected chi connectivity index (χ2v) is 4.28. The number of likely N-dealkylation sites (N-methyl/N-ethyl adjacent to an activating group) is 1. The van der Waals surface area contributed by atoms with Crippen LogP contribution in [-0.2, 0) is 13.5 Å². The molecule has 0 spiro atoms. The van der Waals surface area contributed by atoms with Crippen molar-refractivity contribution >= 4 is 11.3 Å². The van der Waals surface area contributed by atoms with E-state index >= 15 is 0 Å². The van der Waals surface area contributed by atoms with E-state index in [-0.39, 0.29) is 0 Å². The molecule has 0 aliphatic rings. The molecule has 0 atom stereocenters. The zero-order valence-electron chi connectivity index (χ0n) is 8.90. The van der Waals surface area contributed by atoms with Gasteiger partial charge >= 0.3 is 0 Å².